The lowest BCUT2D eigenvalue weighted by molar-refractivity contribution is -0.122. The Morgan fingerprint density at radius 1 is 0.921 bits per heavy atom. The number of fused-ring (bicyclic) bond motifs is 3. The lowest BCUT2D eigenvalue weighted by Gasteiger charge is -2.11. The predicted molar refractivity (Wildman–Crippen MR) is 157 cm³/mol. The number of anilines is 1. The minimum atomic E-state index is 0.0947. The number of amides is 1. The molecule has 2 aromatic heterocycles. The van der Waals surface area contributed by atoms with Crippen molar-refractivity contribution in [1.82, 2.24) is 25.2 Å². The molecule has 8 nitrogen and oxygen atoms in total. The first kappa shape index (κ1) is 29.8. The second kappa shape index (κ2) is 17.0. The van der Waals surface area contributed by atoms with Crippen LogP contribution in [0.25, 0.3) is 21.9 Å². The maximum absolute atomic E-state index is 11.7. The Morgan fingerprint density at radius 2 is 1.68 bits per heavy atom. The molecule has 210 valence electrons. The van der Waals surface area contributed by atoms with E-state index in [2.05, 4.69) is 46.2 Å². The van der Waals surface area contributed by atoms with E-state index >= 15 is 0 Å². The number of nitrogens with two attached hydrogens (primary N) is 1. The molecule has 4 N–H and O–H groups in total. The van der Waals surface area contributed by atoms with E-state index in [1.165, 1.54) is 6.42 Å². The van der Waals surface area contributed by atoms with Crippen molar-refractivity contribution in [2.75, 3.05) is 38.6 Å². The van der Waals surface area contributed by atoms with Crippen LogP contribution in [0.1, 0.15) is 83.9 Å². The normalized spacial score (nSPS) is 11.5. The van der Waals surface area contributed by atoms with E-state index in [1.54, 1.807) is 0 Å². The second-order valence-corrected chi connectivity index (χ2v) is 10.1. The average molecular weight is 525 g/mol. The van der Waals surface area contributed by atoms with Crippen LogP contribution in [0.15, 0.2) is 24.3 Å². The number of para-hydroxylation sites is 1. The number of hydrogen-bond donors (Lipinski definition) is 3. The molecule has 0 saturated heterocycles. The SMILES string of the molecule is CCCCCNC(=O)CCOCCCCNCCCCn1c(CCCC)nc2c(N)nc3ccccc3c21. The number of carbonyl (C=O) groups is 1. The van der Waals surface area contributed by atoms with Gasteiger partial charge in [0.15, 0.2) is 5.82 Å². The van der Waals surface area contributed by atoms with Gasteiger partial charge in [-0.1, -0.05) is 51.3 Å². The van der Waals surface area contributed by atoms with Gasteiger partial charge < -0.3 is 25.7 Å². The second-order valence-electron chi connectivity index (χ2n) is 10.1. The van der Waals surface area contributed by atoms with Crippen molar-refractivity contribution in [3.05, 3.63) is 30.1 Å². The molecular formula is C30H48N6O2. The number of pyridine rings is 1. The van der Waals surface area contributed by atoms with Gasteiger partial charge in [0, 0.05) is 37.9 Å². The van der Waals surface area contributed by atoms with Crippen molar-refractivity contribution in [1.29, 1.82) is 0 Å². The fourth-order valence-corrected chi connectivity index (χ4v) is 4.73. The first-order valence-corrected chi connectivity index (χ1v) is 14.7. The van der Waals surface area contributed by atoms with E-state index in [1.807, 2.05) is 12.1 Å². The number of hydrogen-bond acceptors (Lipinski definition) is 6. The zero-order valence-corrected chi connectivity index (χ0v) is 23.6. The molecule has 0 aliphatic rings. The van der Waals surface area contributed by atoms with Crippen LogP contribution in [-0.4, -0.2) is 53.3 Å². The largest absolute Gasteiger partial charge is 0.382 e. The average Bonchev–Trinajstić information content (AvgIpc) is 3.29. The Morgan fingerprint density at radius 3 is 2.50 bits per heavy atom. The fourth-order valence-electron chi connectivity index (χ4n) is 4.73. The number of ether oxygens (including phenoxy) is 1. The zero-order valence-electron chi connectivity index (χ0n) is 23.6. The summed E-state index contributed by atoms with van der Waals surface area (Å²) in [6, 6.07) is 8.21. The van der Waals surface area contributed by atoms with Gasteiger partial charge in [-0.3, -0.25) is 4.79 Å². The van der Waals surface area contributed by atoms with E-state index in [9.17, 15) is 4.79 Å². The van der Waals surface area contributed by atoms with E-state index < -0.39 is 0 Å². The molecule has 0 aliphatic heterocycles. The Kier molecular flexibility index (Phi) is 13.3. The van der Waals surface area contributed by atoms with Crippen molar-refractivity contribution in [2.24, 2.45) is 0 Å². The van der Waals surface area contributed by atoms with Crippen molar-refractivity contribution in [3.63, 3.8) is 0 Å². The van der Waals surface area contributed by atoms with Gasteiger partial charge in [0.05, 0.1) is 17.6 Å². The highest BCUT2D eigenvalue weighted by molar-refractivity contribution is 6.06. The van der Waals surface area contributed by atoms with Crippen LogP contribution in [0.3, 0.4) is 0 Å². The Balaban J connectivity index is 1.33. The summed E-state index contributed by atoms with van der Waals surface area (Å²) in [6.07, 6.45) is 11.3. The lowest BCUT2D eigenvalue weighted by atomic mass is 10.2. The number of nitrogens with one attached hydrogen (secondary N) is 2. The number of nitrogens with zero attached hydrogens (tertiary/aromatic N) is 3. The number of aromatic nitrogens is 3. The third kappa shape index (κ3) is 9.24. The number of carbonyl (C=O) groups excluding carboxylic acids is 1. The first-order chi connectivity index (χ1) is 18.7. The Hall–Kier alpha value is -2.71. The standard InChI is InChI=1S/C30H48N6O2/c1-3-5-9-20-33-27(37)17-23-38-22-13-11-19-32-18-10-12-21-36-26(16-6-4-2)35-28-29(36)24-14-7-8-15-25(24)34-30(28)31/h7-8,14-15,32H,3-6,9-13,16-23H2,1-2H3,(H2,31,34)(H,33,37). The van der Waals surface area contributed by atoms with Gasteiger partial charge >= 0.3 is 0 Å². The number of rotatable bonds is 20. The predicted octanol–water partition coefficient (Wildman–Crippen LogP) is 5.37. The van der Waals surface area contributed by atoms with Gasteiger partial charge in [-0.05, 0) is 57.7 Å². The first-order valence-electron chi connectivity index (χ1n) is 14.7. The van der Waals surface area contributed by atoms with Gasteiger partial charge in [-0.15, -0.1) is 0 Å². The van der Waals surface area contributed by atoms with Gasteiger partial charge in [0.25, 0.3) is 0 Å². The summed E-state index contributed by atoms with van der Waals surface area (Å²) in [4.78, 5) is 21.2. The molecule has 0 spiro atoms. The zero-order chi connectivity index (χ0) is 27.0. The summed E-state index contributed by atoms with van der Waals surface area (Å²) >= 11 is 0. The fraction of sp³-hybridized carbons (Fsp3) is 0.633. The minimum Gasteiger partial charge on any atom is -0.382 e. The molecule has 0 bridgehead atoms. The molecule has 0 unspecified atom stereocenters. The van der Waals surface area contributed by atoms with Crippen LogP contribution in [0.4, 0.5) is 5.82 Å². The van der Waals surface area contributed by atoms with E-state index in [0.29, 0.717) is 25.5 Å². The minimum absolute atomic E-state index is 0.0947. The quantitative estimate of drug-likeness (QED) is 0.172. The van der Waals surface area contributed by atoms with E-state index in [-0.39, 0.29) is 5.91 Å². The highest BCUT2D eigenvalue weighted by Gasteiger charge is 2.16. The van der Waals surface area contributed by atoms with Crippen LogP contribution >= 0.6 is 0 Å². The highest BCUT2D eigenvalue weighted by Crippen LogP contribution is 2.29. The van der Waals surface area contributed by atoms with Crippen LogP contribution in [0, 0.1) is 0 Å². The monoisotopic (exact) mass is 524 g/mol. The summed E-state index contributed by atoms with van der Waals surface area (Å²) in [5, 5.41) is 7.63. The molecular weight excluding hydrogens is 476 g/mol. The van der Waals surface area contributed by atoms with E-state index in [0.717, 1.165) is 112 Å². The van der Waals surface area contributed by atoms with E-state index in [4.69, 9.17) is 15.5 Å². The smallest absolute Gasteiger partial charge is 0.222 e. The third-order valence-electron chi connectivity index (χ3n) is 6.90. The van der Waals surface area contributed by atoms with Crippen LogP contribution in [0.2, 0.25) is 0 Å². The van der Waals surface area contributed by atoms with Crippen LogP contribution in [-0.2, 0) is 22.5 Å². The topological polar surface area (TPSA) is 107 Å². The highest BCUT2D eigenvalue weighted by atomic mass is 16.5. The third-order valence-corrected chi connectivity index (χ3v) is 6.90. The molecule has 1 aromatic carbocycles. The van der Waals surface area contributed by atoms with Gasteiger partial charge in [-0.25, -0.2) is 9.97 Å². The van der Waals surface area contributed by atoms with Crippen molar-refractivity contribution >= 4 is 33.7 Å². The molecule has 3 rings (SSSR count). The van der Waals surface area contributed by atoms with Crippen molar-refractivity contribution in [3.8, 4) is 0 Å². The number of imidazole rings is 1. The molecule has 0 fully saturated rings. The Labute approximate surface area is 228 Å². The van der Waals surface area contributed by atoms with Crippen molar-refractivity contribution in [2.45, 2.75) is 91.0 Å². The maximum atomic E-state index is 11.7. The number of aryl methyl sites for hydroxylation is 2. The molecule has 0 aliphatic carbocycles. The van der Waals surface area contributed by atoms with Crippen molar-refractivity contribution < 1.29 is 9.53 Å². The van der Waals surface area contributed by atoms with Crippen LogP contribution < -0.4 is 16.4 Å². The van der Waals surface area contributed by atoms with Gasteiger partial charge in [0.1, 0.15) is 11.3 Å². The van der Waals surface area contributed by atoms with Gasteiger partial charge in [-0.2, -0.15) is 0 Å². The lowest BCUT2D eigenvalue weighted by Crippen LogP contribution is -2.25. The summed E-state index contributed by atoms with van der Waals surface area (Å²) in [5.74, 6) is 1.73. The Bertz CT molecular complexity index is 1110. The molecule has 8 heteroatoms. The molecule has 0 saturated carbocycles. The van der Waals surface area contributed by atoms with Crippen LogP contribution in [0.5, 0.6) is 0 Å². The molecule has 2 heterocycles. The number of unbranched alkanes of at least 4 members (excludes halogenated alkanes) is 5. The summed E-state index contributed by atoms with van der Waals surface area (Å²) in [7, 11) is 0. The maximum Gasteiger partial charge on any atom is 0.222 e. The molecule has 3 aromatic rings. The molecule has 1 amide bonds. The molecule has 38 heavy (non-hydrogen) atoms. The summed E-state index contributed by atoms with van der Waals surface area (Å²) in [6.45, 7) is 9.30. The summed E-state index contributed by atoms with van der Waals surface area (Å²) in [5.41, 5.74) is 9.20. The molecule has 0 atom stereocenters. The number of nitrogen functional groups attached to an aromatic ring is 1. The summed E-state index contributed by atoms with van der Waals surface area (Å²) < 4.78 is 8.00. The molecule has 0 radical (unpaired) electrons. The van der Waals surface area contributed by atoms with Gasteiger partial charge in [0.2, 0.25) is 5.91 Å². The number of benzene rings is 1.